The van der Waals surface area contributed by atoms with E-state index in [-0.39, 0.29) is 5.75 Å². The van der Waals surface area contributed by atoms with E-state index in [1.165, 1.54) is 6.07 Å². The summed E-state index contributed by atoms with van der Waals surface area (Å²) in [5, 5.41) is 0. The van der Waals surface area contributed by atoms with Crippen molar-refractivity contribution in [3.63, 3.8) is 0 Å². The van der Waals surface area contributed by atoms with Crippen LogP contribution < -0.4 is 9.08 Å². The molecule has 1 aromatic rings. The number of halogens is 1. The molecule has 118 valence electrons. The van der Waals surface area contributed by atoms with Gasteiger partial charge in [0.25, 0.3) is 0 Å². The van der Waals surface area contributed by atoms with Gasteiger partial charge in [-0.3, -0.25) is 4.90 Å². The molecule has 7 heteroatoms. The van der Waals surface area contributed by atoms with Crippen LogP contribution >= 0.6 is 0 Å². The zero-order valence-corrected chi connectivity index (χ0v) is 13.2. The molecule has 0 bridgehead atoms. The fourth-order valence-corrected chi connectivity index (χ4v) is 2.95. The summed E-state index contributed by atoms with van der Waals surface area (Å²) in [6.45, 7) is 6.39. The molecule has 5 nitrogen and oxygen atoms in total. The van der Waals surface area contributed by atoms with Gasteiger partial charge in [-0.05, 0) is 25.1 Å². The van der Waals surface area contributed by atoms with E-state index in [0.717, 1.165) is 45.4 Å². The molecule has 2 rings (SSSR count). The van der Waals surface area contributed by atoms with Crippen molar-refractivity contribution in [1.82, 2.24) is 4.90 Å². The summed E-state index contributed by atoms with van der Waals surface area (Å²) in [7, 11) is -3.73. The van der Waals surface area contributed by atoms with Gasteiger partial charge in [-0.15, -0.1) is 0 Å². The normalized spacial score (nSPS) is 17.0. The smallest absolute Gasteiger partial charge is 0.306 e. The summed E-state index contributed by atoms with van der Waals surface area (Å²) < 4.78 is 41.4. The number of hydrogen-bond acceptors (Lipinski definition) is 5. The van der Waals surface area contributed by atoms with Crippen LogP contribution in [0, 0.1) is 5.82 Å². The highest BCUT2D eigenvalue weighted by Gasteiger charge is 2.21. The Labute approximate surface area is 125 Å². The quantitative estimate of drug-likeness (QED) is 0.774. The van der Waals surface area contributed by atoms with E-state index in [2.05, 4.69) is 16.0 Å². The van der Waals surface area contributed by atoms with Crippen molar-refractivity contribution < 1.29 is 17.0 Å². The highest BCUT2D eigenvalue weighted by atomic mass is 32.2. The zero-order chi connectivity index (χ0) is 15.5. The van der Waals surface area contributed by atoms with Crippen molar-refractivity contribution in [3.05, 3.63) is 24.0 Å². The predicted molar refractivity (Wildman–Crippen MR) is 80.8 cm³/mol. The van der Waals surface area contributed by atoms with Crippen molar-refractivity contribution in [3.8, 4) is 5.75 Å². The van der Waals surface area contributed by atoms with Crippen molar-refractivity contribution in [2.75, 3.05) is 43.9 Å². The topological polar surface area (TPSA) is 49.9 Å². The Morgan fingerprint density at radius 2 is 1.90 bits per heavy atom. The van der Waals surface area contributed by atoms with Crippen LogP contribution in [0.5, 0.6) is 5.75 Å². The summed E-state index contributed by atoms with van der Waals surface area (Å²) in [5.41, 5.74) is 0.396. The first-order valence-electron chi connectivity index (χ1n) is 7.06. The SMILES string of the molecule is CCCN1CCN(c2cccc(OS(C)(=O)=O)c2F)CC1. The van der Waals surface area contributed by atoms with Gasteiger partial charge in [0.2, 0.25) is 0 Å². The van der Waals surface area contributed by atoms with Crippen LogP contribution in [0.4, 0.5) is 10.1 Å². The van der Waals surface area contributed by atoms with Gasteiger partial charge in [0, 0.05) is 26.2 Å². The lowest BCUT2D eigenvalue weighted by Gasteiger charge is -2.36. The molecule has 0 radical (unpaired) electrons. The first-order chi connectivity index (χ1) is 9.90. The fourth-order valence-electron chi connectivity index (χ4n) is 2.50. The molecular weight excluding hydrogens is 295 g/mol. The van der Waals surface area contributed by atoms with E-state index in [9.17, 15) is 12.8 Å². The molecule has 0 unspecified atom stereocenters. The van der Waals surface area contributed by atoms with Crippen LogP contribution in [0.1, 0.15) is 13.3 Å². The van der Waals surface area contributed by atoms with E-state index in [4.69, 9.17) is 0 Å². The molecule has 1 aliphatic rings. The average molecular weight is 316 g/mol. The highest BCUT2D eigenvalue weighted by Crippen LogP contribution is 2.29. The number of rotatable bonds is 5. The van der Waals surface area contributed by atoms with E-state index < -0.39 is 15.9 Å². The van der Waals surface area contributed by atoms with Crippen molar-refractivity contribution in [2.45, 2.75) is 13.3 Å². The first-order valence-corrected chi connectivity index (χ1v) is 8.87. The Kier molecular flexibility index (Phi) is 5.05. The van der Waals surface area contributed by atoms with Gasteiger partial charge in [0.1, 0.15) is 0 Å². The third-order valence-electron chi connectivity index (χ3n) is 3.44. The second-order valence-electron chi connectivity index (χ2n) is 5.21. The van der Waals surface area contributed by atoms with Gasteiger partial charge in [0.05, 0.1) is 11.9 Å². The number of hydrogen-bond donors (Lipinski definition) is 0. The van der Waals surface area contributed by atoms with E-state index in [1.54, 1.807) is 12.1 Å². The zero-order valence-electron chi connectivity index (χ0n) is 12.4. The summed E-state index contributed by atoms with van der Waals surface area (Å²) >= 11 is 0. The predicted octanol–water partition coefficient (Wildman–Crippen LogP) is 1.70. The Morgan fingerprint density at radius 3 is 2.48 bits per heavy atom. The molecule has 0 saturated carbocycles. The minimum absolute atomic E-state index is 0.244. The molecule has 0 spiro atoms. The lowest BCUT2D eigenvalue weighted by molar-refractivity contribution is 0.257. The molecular formula is C14H21FN2O3S. The van der Waals surface area contributed by atoms with Crippen LogP contribution in [0.25, 0.3) is 0 Å². The average Bonchev–Trinajstić information content (AvgIpc) is 2.41. The van der Waals surface area contributed by atoms with Gasteiger partial charge in [0.15, 0.2) is 11.6 Å². The standard InChI is InChI=1S/C14H21FN2O3S/c1-3-7-16-8-10-17(11-9-16)12-5-4-6-13(14(12)15)20-21(2,18)19/h4-6H,3,7-11H2,1-2H3. The number of benzene rings is 1. The minimum Gasteiger partial charge on any atom is -0.379 e. The number of piperazine rings is 1. The third-order valence-corrected chi connectivity index (χ3v) is 3.92. The lowest BCUT2D eigenvalue weighted by atomic mass is 10.2. The summed E-state index contributed by atoms with van der Waals surface area (Å²) in [6, 6.07) is 4.59. The Morgan fingerprint density at radius 1 is 1.24 bits per heavy atom. The van der Waals surface area contributed by atoms with Gasteiger partial charge in [-0.25, -0.2) is 4.39 Å². The van der Waals surface area contributed by atoms with Gasteiger partial charge < -0.3 is 9.08 Å². The van der Waals surface area contributed by atoms with E-state index in [1.807, 2.05) is 4.90 Å². The maximum Gasteiger partial charge on any atom is 0.306 e. The Hall–Kier alpha value is -1.34. The fraction of sp³-hybridized carbons (Fsp3) is 0.571. The summed E-state index contributed by atoms with van der Waals surface area (Å²) in [4.78, 5) is 4.27. The summed E-state index contributed by atoms with van der Waals surface area (Å²) in [6.07, 6.45) is 2.01. The maximum atomic E-state index is 14.4. The summed E-state index contributed by atoms with van der Waals surface area (Å²) in [5.74, 6) is -0.863. The van der Waals surface area contributed by atoms with Crippen LogP contribution in [0.15, 0.2) is 18.2 Å². The molecule has 0 amide bonds. The molecule has 0 aromatic heterocycles. The number of nitrogens with zero attached hydrogens (tertiary/aromatic N) is 2. The minimum atomic E-state index is -3.73. The molecule has 21 heavy (non-hydrogen) atoms. The second-order valence-corrected chi connectivity index (χ2v) is 6.78. The van der Waals surface area contributed by atoms with Gasteiger partial charge in [-0.1, -0.05) is 13.0 Å². The van der Waals surface area contributed by atoms with Gasteiger partial charge >= 0.3 is 10.1 Å². The van der Waals surface area contributed by atoms with Crippen molar-refractivity contribution in [1.29, 1.82) is 0 Å². The van der Waals surface area contributed by atoms with Crippen LogP contribution in [0.3, 0.4) is 0 Å². The Balaban J connectivity index is 2.13. The van der Waals surface area contributed by atoms with Crippen LogP contribution in [0.2, 0.25) is 0 Å². The molecule has 1 aliphatic heterocycles. The molecule has 1 saturated heterocycles. The molecule has 0 aliphatic carbocycles. The number of anilines is 1. The second kappa shape index (κ2) is 6.62. The van der Waals surface area contributed by atoms with Crippen LogP contribution in [-0.2, 0) is 10.1 Å². The third kappa shape index (κ3) is 4.31. The van der Waals surface area contributed by atoms with Gasteiger partial charge in [-0.2, -0.15) is 8.42 Å². The van der Waals surface area contributed by atoms with E-state index in [0.29, 0.717) is 5.69 Å². The first kappa shape index (κ1) is 16.0. The largest absolute Gasteiger partial charge is 0.379 e. The molecule has 1 heterocycles. The Bertz CT molecular complexity index is 584. The van der Waals surface area contributed by atoms with E-state index >= 15 is 0 Å². The molecule has 0 atom stereocenters. The van der Waals surface area contributed by atoms with Crippen molar-refractivity contribution >= 4 is 15.8 Å². The molecule has 1 aromatic carbocycles. The van der Waals surface area contributed by atoms with Crippen LogP contribution in [-0.4, -0.2) is 52.3 Å². The molecule has 0 N–H and O–H groups in total. The monoisotopic (exact) mass is 316 g/mol. The maximum absolute atomic E-state index is 14.4. The molecule has 1 fully saturated rings. The van der Waals surface area contributed by atoms with Crippen molar-refractivity contribution in [2.24, 2.45) is 0 Å². The highest BCUT2D eigenvalue weighted by molar-refractivity contribution is 7.86. The lowest BCUT2D eigenvalue weighted by Crippen LogP contribution is -2.46.